The van der Waals surface area contributed by atoms with Crippen LogP contribution in [0.3, 0.4) is 0 Å². The van der Waals surface area contributed by atoms with Crippen LogP contribution >= 0.6 is 0 Å². The van der Waals surface area contributed by atoms with Gasteiger partial charge in [-0.05, 0) is 6.07 Å². The van der Waals surface area contributed by atoms with Gasteiger partial charge in [0.2, 0.25) is 11.4 Å². The number of benzene rings is 1. The summed E-state index contributed by atoms with van der Waals surface area (Å²) in [5.74, 6) is -3.00. The van der Waals surface area contributed by atoms with Crippen LogP contribution in [0.2, 0.25) is 0 Å². The Balaban J connectivity index is 2.72. The minimum Gasteiger partial charge on any atom is -0.354 e. The number of hydrogen-bond acceptors (Lipinski definition) is 5. The van der Waals surface area contributed by atoms with Crippen LogP contribution in [-0.4, -0.2) is 32.3 Å². The van der Waals surface area contributed by atoms with Gasteiger partial charge in [-0.3, -0.25) is 4.79 Å². The first kappa shape index (κ1) is 14.4. The predicted molar refractivity (Wildman–Crippen MR) is 64.1 cm³/mol. The molecule has 1 aromatic carbocycles. The highest BCUT2D eigenvalue weighted by Gasteiger charge is 2.26. The molecule has 0 saturated carbocycles. The van der Waals surface area contributed by atoms with E-state index in [4.69, 9.17) is 9.47 Å². The van der Waals surface area contributed by atoms with Crippen LogP contribution in [0.15, 0.2) is 10.6 Å². The summed E-state index contributed by atoms with van der Waals surface area (Å²) in [5.41, 5.74) is -0.766. The smallest absolute Gasteiger partial charge is 0.273 e. The van der Waals surface area contributed by atoms with Gasteiger partial charge in [-0.15, -0.1) is 0 Å². The summed E-state index contributed by atoms with van der Waals surface area (Å²) in [4.78, 5) is 11.6. The fourth-order valence-electron chi connectivity index (χ4n) is 1.84. The number of amides is 1. The van der Waals surface area contributed by atoms with Crippen molar-refractivity contribution in [3.8, 4) is 0 Å². The van der Waals surface area contributed by atoms with Crippen molar-refractivity contribution >= 4 is 16.9 Å². The van der Waals surface area contributed by atoms with Gasteiger partial charge in [0.05, 0.1) is 5.39 Å². The summed E-state index contributed by atoms with van der Waals surface area (Å²) >= 11 is 0. The van der Waals surface area contributed by atoms with E-state index < -0.39 is 29.4 Å². The fourth-order valence-corrected chi connectivity index (χ4v) is 1.84. The normalized spacial score (nSPS) is 11.3. The maximum atomic E-state index is 13.9. The SMILES string of the molecule is CNC(=O)c1noc2c(F)c(F)c(C(OC)OC)cc12. The molecule has 0 aliphatic carbocycles. The van der Waals surface area contributed by atoms with Gasteiger partial charge in [0, 0.05) is 26.8 Å². The Bertz CT molecular complexity index is 652. The van der Waals surface area contributed by atoms with Gasteiger partial charge in [-0.1, -0.05) is 5.16 Å². The van der Waals surface area contributed by atoms with Crippen LogP contribution in [0.25, 0.3) is 11.0 Å². The van der Waals surface area contributed by atoms with Gasteiger partial charge in [-0.25, -0.2) is 4.39 Å². The minimum atomic E-state index is -1.25. The first-order valence-corrected chi connectivity index (χ1v) is 5.60. The summed E-state index contributed by atoms with van der Waals surface area (Å²) in [6, 6.07) is 1.21. The fraction of sp³-hybridized carbons (Fsp3) is 0.333. The molecule has 0 spiro atoms. The second kappa shape index (κ2) is 5.51. The number of rotatable bonds is 4. The molecule has 2 aromatic rings. The first-order chi connectivity index (χ1) is 9.54. The average Bonchev–Trinajstić information content (AvgIpc) is 2.88. The topological polar surface area (TPSA) is 73.6 Å². The molecule has 0 bridgehead atoms. The monoisotopic (exact) mass is 286 g/mol. The molecule has 0 unspecified atom stereocenters. The maximum Gasteiger partial charge on any atom is 0.273 e. The Labute approximate surface area is 112 Å². The lowest BCUT2D eigenvalue weighted by Crippen LogP contribution is -2.18. The largest absolute Gasteiger partial charge is 0.354 e. The quantitative estimate of drug-likeness (QED) is 0.867. The number of hydrogen-bond donors (Lipinski definition) is 1. The molecule has 2 rings (SSSR count). The van der Waals surface area contributed by atoms with Crippen LogP contribution < -0.4 is 5.32 Å². The van der Waals surface area contributed by atoms with Gasteiger partial charge in [0.1, 0.15) is 0 Å². The van der Waals surface area contributed by atoms with E-state index >= 15 is 0 Å². The molecule has 108 valence electrons. The maximum absolute atomic E-state index is 13.9. The van der Waals surface area contributed by atoms with Crippen molar-refractivity contribution in [2.75, 3.05) is 21.3 Å². The van der Waals surface area contributed by atoms with Crippen LogP contribution in [0.4, 0.5) is 8.78 Å². The number of halogens is 2. The lowest BCUT2D eigenvalue weighted by atomic mass is 10.1. The predicted octanol–water partition coefficient (Wildman–Crippen LogP) is 1.76. The van der Waals surface area contributed by atoms with Crippen LogP contribution in [0.5, 0.6) is 0 Å². The molecule has 1 aromatic heterocycles. The van der Waals surface area contributed by atoms with Crippen molar-refractivity contribution in [1.29, 1.82) is 0 Å². The molecule has 1 N–H and O–H groups in total. The van der Waals surface area contributed by atoms with Crippen molar-refractivity contribution in [3.63, 3.8) is 0 Å². The van der Waals surface area contributed by atoms with E-state index in [1.807, 2.05) is 0 Å². The van der Waals surface area contributed by atoms with Crippen molar-refractivity contribution in [1.82, 2.24) is 10.5 Å². The number of methoxy groups -OCH3 is 2. The van der Waals surface area contributed by atoms with Crippen LogP contribution in [-0.2, 0) is 9.47 Å². The van der Waals surface area contributed by atoms with E-state index in [1.165, 1.54) is 27.3 Å². The highest BCUT2D eigenvalue weighted by Crippen LogP contribution is 2.30. The van der Waals surface area contributed by atoms with Gasteiger partial charge < -0.3 is 19.3 Å². The summed E-state index contributed by atoms with van der Waals surface area (Å²) in [6.45, 7) is 0. The van der Waals surface area contributed by atoms with Gasteiger partial charge >= 0.3 is 0 Å². The van der Waals surface area contributed by atoms with E-state index in [2.05, 4.69) is 15.0 Å². The third-order valence-corrected chi connectivity index (χ3v) is 2.80. The van der Waals surface area contributed by atoms with Gasteiger partial charge in [0.25, 0.3) is 5.91 Å². The Hall–Kier alpha value is -2.06. The summed E-state index contributed by atoms with van der Waals surface area (Å²) < 4.78 is 42.3. The number of aromatic nitrogens is 1. The number of nitrogens with one attached hydrogen (secondary N) is 1. The summed E-state index contributed by atoms with van der Waals surface area (Å²) in [5, 5.41) is 5.81. The Kier molecular flexibility index (Phi) is 3.96. The molecular formula is C12H12F2N2O4. The number of ether oxygens (including phenoxy) is 2. The summed E-state index contributed by atoms with van der Waals surface area (Å²) in [7, 11) is 3.95. The molecular weight excluding hydrogens is 274 g/mol. The summed E-state index contributed by atoms with van der Waals surface area (Å²) in [6.07, 6.45) is -1.11. The zero-order chi connectivity index (χ0) is 14.9. The molecule has 8 heteroatoms. The number of carbonyl (C=O) groups excluding carboxylic acids is 1. The van der Waals surface area contributed by atoms with E-state index in [9.17, 15) is 13.6 Å². The standard InChI is InChI=1S/C12H12F2N2O4/c1-15-11(17)9-6-4-5(12(18-2)19-3)7(13)8(14)10(6)20-16-9/h4,12H,1-3H3,(H,15,17). The molecule has 1 amide bonds. The third-order valence-electron chi connectivity index (χ3n) is 2.80. The Morgan fingerprint density at radius 3 is 2.55 bits per heavy atom. The highest BCUT2D eigenvalue weighted by molar-refractivity contribution is 6.04. The molecule has 20 heavy (non-hydrogen) atoms. The van der Waals surface area contributed by atoms with E-state index in [0.29, 0.717) is 0 Å². The van der Waals surface area contributed by atoms with Crippen LogP contribution in [0, 0.1) is 11.6 Å². The van der Waals surface area contributed by atoms with E-state index in [0.717, 1.165) is 0 Å². The zero-order valence-electron chi connectivity index (χ0n) is 11.0. The molecule has 0 aliphatic heterocycles. The molecule has 0 aliphatic rings. The molecule has 0 saturated heterocycles. The Morgan fingerprint density at radius 1 is 1.35 bits per heavy atom. The molecule has 1 heterocycles. The highest BCUT2D eigenvalue weighted by atomic mass is 19.2. The third kappa shape index (κ3) is 2.12. The second-order valence-corrected chi connectivity index (χ2v) is 3.88. The molecule has 6 nitrogen and oxygen atoms in total. The lowest BCUT2D eigenvalue weighted by Gasteiger charge is -2.14. The second-order valence-electron chi connectivity index (χ2n) is 3.88. The molecule has 0 radical (unpaired) electrons. The number of carbonyl (C=O) groups is 1. The van der Waals surface area contributed by atoms with E-state index in [1.54, 1.807) is 0 Å². The average molecular weight is 286 g/mol. The minimum absolute atomic E-state index is 0.0392. The zero-order valence-corrected chi connectivity index (χ0v) is 11.0. The lowest BCUT2D eigenvalue weighted by molar-refractivity contribution is -0.108. The van der Waals surface area contributed by atoms with Gasteiger partial charge in [-0.2, -0.15) is 4.39 Å². The Morgan fingerprint density at radius 2 is 2.00 bits per heavy atom. The number of nitrogens with zero attached hydrogens (tertiary/aromatic N) is 1. The molecule has 0 fully saturated rings. The van der Waals surface area contributed by atoms with Crippen LogP contribution in [0.1, 0.15) is 22.3 Å². The first-order valence-electron chi connectivity index (χ1n) is 5.60. The van der Waals surface area contributed by atoms with E-state index in [-0.39, 0.29) is 16.6 Å². The number of fused-ring (bicyclic) bond motifs is 1. The van der Waals surface area contributed by atoms with Crippen molar-refractivity contribution in [2.24, 2.45) is 0 Å². The van der Waals surface area contributed by atoms with Crippen molar-refractivity contribution in [3.05, 3.63) is 29.0 Å². The molecule has 0 atom stereocenters. The van der Waals surface area contributed by atoms with Gasteiger partial charge in [0.15, 0.2) is 17.8 Å². The van der Waals surface area contributed by atoms with Crippen molar-refractivity contribution < 1.29 is 27.6 Å². The van der Waals surface area contributed by atoms with Crippen molar-refractivity contribution in [2.45, 2.75) is 6.29 Å².